The molecule has 5 aromatic carbocycles. The fraction of sp³-hybridized carbons (Fsp3) is 0.302. The molecule has 0 spiro atoms. The predicted molar refractivity (Wildman–Crippen MR) is 254 cm³/mol. The van der Waals surface area contributed by atoms with Crippen LogP contribution in [0.15, 0.2) is 151 Å². The Hall–Kier alpha value is -6.68. The number of carbonyl (C=O) groups is 3. The molecular weight excluding hydrogens is 888 g/mol. The van der Waals surface area contributed by atoms with Gasteiger partial charge in [0.05, 0.1) is 13.0 Å². The van der Waals surface area contributed by atoms with E-state index in [0.717, 1.165) is 22.4 Å². The maximum atomic E-state index is 14.3. The minimum absolute atomic E-state index is 0.0182. The van der Waals surface area contributed by atoms with Gasteiger partial charge in [0.1, 0.15) is 35.3 Å². The lowest BCUT2D eigenvalue weighted by Gasteiger charge is -2.44. The average molecular weight is 939 g/mol. The number of para-hydroxylation sites is 2. The standard InChI is InChI=1S/C53H51ClN4O10/c1-3-63-52(29-32-57(33-30-52)39-25-23-38(54)24-26-39)68-48-47(67-46(60)27-22-35(2)59)44(66-50(48)58-31-28-45(56-51(58)62)55-49(61)36-14-6-4-7-15-36)34-64-53(37-16-8-5-9-17-37)40-18-10-12-20-42(40)65-43-21-13-11-19-41(43)53/h4-21,23-26,28,31,44,47-48,50H,3,22,27,29-30,32-34H2,1-2H3,(H,55,56,61,62)/t44-,47-,48-,50-/m1/s1. The Bertz CT molecular complexity index is 2750. The quantitative estimate of drug-likeness (QED) is 0.0728. The van der Waals surface area contributed by atoms with E-state index in [1.165, 1.54) is 23.8 Å². The number of hydrogen-bond acceptors (Lipinski definition) is 12. The second-order valence-electron chi connectivity index (χ2n) is 16.9. The number of rotatable bonds is 16. The van der Waals surface area contributed by atoms with Gasteiger partial charge in [0.2, 0.25) is 0 Å². The van der Waals surface area contributed by atoms with Crippen molar-refractivity contribution in [3.63, 3.8) is 0 Å². The summed E-state index contributed by atoms with van der Waals surface area (Å²) in [7, 11) is 0. The molecule has 0 saturated carbocycles. The van der Waals surface area contributed by atoms with Gasteiger partial charge in [-0.2, -0.15) is 4.98 Å². The van der Waals surface area contributed by atoms with Crippen molar-refractivity contribution in [3.05, 3.63) is 183 Å². The summed E-state index contributed by atoms with van der Waals surface area (Å²) in [6.45, 7) is 4.44. The average Bonchev–Trinajstić information content (AvgIpc) is 3.68. The van der Waals surface area contributed by atoms with Crippen molar-refractivity contribution in [2.75, 3.05) is 36.5 Å². The second-order valence-corrected chi connectivity index (χ2v) is 17.3. The van der Waals surface area contributed by atoms with Gasteiger partial charge in [0, 0.05) is 72.6 Å². The van der Waals surface area contributed by atoms with Gasteiger partial charge in [0.15, 0.2) is 23.7 Å². The summed E-state index contributed by atoms with van der Waals surface area (Å²) in [6.07, 6.45) is -2.75. The molecule has 0 bridgehead atoms. The number of carbonyl (C=O) groups excluding carboxylic acids is 3. The third-order valence-electron chi connectivity index (χ3n) is 12.5. The Kier molecular flexibility index (Phi) is 13.8. The largest absolute Gasteiger partial charge is 0.457 e. The third kappa shape index (κ3) is 9.69. The van der Waals surface area contributed by atoms with Gasteiger partial charge in [-0.15, -0.1) is 0 Å². The highest BCUT2D eigenvalue weighted by Gasteiger charge is 2.55. The lowest BCUT2D eigenvalue weighted by molar-refractivity contribution is -0.286. The van der Waals surface area contributed by atoms with E-state index in [-0.39, 0.29) is 37.7 Å². The number of piperidine rings is 1. The van der Waals surface area contributed by atoms with E-state index < -0.39 is 53.5 Å². The van der Waals surface area contributed by atoms with Crippen LogP contribution in [0.3, 0.4) is 0 Å². The molecule has 4 atom stereocenters. The zero-order valence-electron chi connectivity index (χ0n) is 37.6. The van der Waals surface area contributed by atoms with Crippen LogP contribution in [0.4, 0.5) is 11.5 Å². The van der Waals surface area contributed by atoms with Gasteiger partial charge in [-0.1, -0.05) is 96.5 Å². The van der Waals surface area contributed by atoms with Crippen molar-refractivity contribution in [2.45, 2.75) is 75.5 Å². The lowest BCUT2D eigenvalue weighted by Crippen LogP contribution is -2.53. The summed E-state index contributed by atoms with van der Waals surface area (Å²) >= 11 is 6.23. The Labute approximate surface area is 398 Å². The van der Waals surface area contributed by atoms with Crippen LogP contribution in [0.2, 0.25) is 5.02 Å². The van der Waals surface area contributed by atoms with Crippen molar-refractivity contribution in [1.82, 2.24) is 9.55 Å². The van der Waals surface area contributed by atoms with Crippen LogP contribution < -0.4 is 20.6 Å². The number of nitrogens with one attached hydrogen (secondary N) is 1. The molecule has 14 nitrogen and oxygen atoms in total. The van der Waals surface area contributed by atoms with Crippen molar-refractivity contribution < 1.29 is 42.8 Å². The topological polar surface area (TPSA) is 157 Å². The minimum atomic E-state index is -1.26. The molecule has 1 N–H and O–H groups in total. The minimum Gasteiger partial charge on any atom is -0.457 e. The fourth-order valence-electron chi connectivity index (χ4n) is 9.23. The van der Waals surface area contributed by atoms with Crippen molar-refractivity contribution in [2.24, 2.45) is 0 Å². The lowest BCUT2D eigenvalue weighted by atomic mass is 9.77. The summed E-state index contributed by atoms with van der Waals surface area (Å²) in [5.41, 5.74) is 1.61. The van der Waals surface area contributed by atoms with E-state index in [4.69, 9.17) is 40.0 Å². The smallest absolute Gasteiger partial charge is 0.351 e. The Balaban J connectivity index is 1.12. The van der Waals surface area contributed by atoms with E-state index in [9.17, 15) is 19.2 Å². The summed E-state index contributed by atoms with van der Waals surface area (Å²) in [5, 5.41) is 3.33. The molecule has 1 aromatic heterocycles. The van der Waals surface area contributed by atoms with Gasteiger partial charge in [-0.3, -0.25) is 14.2 Å². The van der Waals surface area contributed by atoms with E-state index in [1.54, 1.807) is 30.3 Å². The molecule has 0 aliphatic carbocycles. The number of aromatic nitrogens is 2. The number of halogens is 1. The summed E-state index contributed by atoms with van der Waals surface area (Å²) in [5.74, 6) is -1.32. The SMILES string of the molecule is CCOC1(O[C@@H]2[C@H](OC(=O)CCC(C)=O)[C@@H](COC3(c4ccccc4)c4ccccc4Oc4ccccc43)O[C@H]2n2ccc(NC(=O)c3ccccc3)nc2=O)CCN(c2ccc(Cl)cc2)CC1. The zero-order chi connectivity index (χ0) is 47.3. The number of amides is 1. The maximum absolute atomic E-state index is 14.3. The van der Waals surface area contributed by atoms with Crippen molar-refractivity contribution in [1.29, 1.82) is 0 Å². The van der Waals surface area contributed by atoms with E-state index in [2.05, 4.69) is 15.2 Å². The number of fused-ring (bicyclic) bond motifs is 2. The molecule has 15 heteroatoms. The number of nitrogens with zero attached hydrogens (tertiary/aromatic N) is 3. The first-order chi connectivity index (χ1) is 33.1. The molecule has 9 rings (SSSR count). The van der Waals surface area contributed by atoms with Crippen LogP contribution in [0.25, 0.3) is 0 Å². The highest BCUT2D eigenvalue weighted by atomic mass is 35.5. The van der Waals surface area contributed by atoms with Gasteiger partial charge >= 0.3 is 11.7 Å². The number of Topliss-reactive ketones (excluding diaryl/α,β-unsaturated/α-hetero) is 1. The number of ketones is 1. The summed E-state index contributed by atoms with van der Waals surface area (Å²) in [6, 6.07) is 42.7. The molecule has 2 saturated heterocycles. The van der Waals surface area contributed by atoms with Gasteiger partial charge in [-0.25, -0.2) is 4.79 Å². The first kappa shape index (κ1) is 46.4. The zero-order valence-corrected chi connectivity index (χ0v) is 38.4. The first-order valence-corrected chi connectivity index (χ1v) is 23.1. The molecule has 2 fully saturated rings. The molecule has 68 heavy (non-hydrogen) atoms. The van der Waals surface area contributed by atoms with Gasteiger partial charge < -0.3 is 43.4 Å². The molecule has 0 radical (unpaired) electrons. The maximum Gasteiger partial charge on any atom is 0.351 e. The monoisotopic (exact) mass is 938 g/mol. The molecule has 3 aliphatic heterocycles. The van der Waals surface area contributed by atoms with Crippen LogP contribution in [0, 0.1) is 0 Å². The number of anilines is 2. The molecule has 6 aromatic rings. The van der Waals surface area contributed by atoms with Crippen LogP contribution >= 0.6 is 11.6 Å². The van der Waals surface area contributed by atoms with Crippen molar-refractivity contribution >= 4 is 40.8 Å². The molecule has 0 unspecified atom stereocenters. The Morgan fingerprint density at radius 1 is 0.779 bits per heavy atom. The van der Waals surface area contributed by atoms with E-state index in [0.29, 0.717) is 48.0 Å². The molecule has 3 aliphatic rings. The fourth-order valence-corrected chi connectivity index (χ4v) is 9.35. The summed E-state index contributed by atoms with van der Waals surface area (Å²) in [4.78, 5) is 59.9. The molecular formula is C53H51ClN4O10. The predicted octanol–water partition coefficient (Wildman–Crippen LogP) is 8.86. The highest BCUT2D eigenvalue weighted by molar-refractivity contribution is 6.30. The van der Waals surface area contributed by atoms with Crippen LogP contribution in [-0.2, 0) is 38.9 Å². The second kappa shape index (κ2) is 20.3. The van der Waals surface area contributed by atoms with Crippen LogP contribution in [0.1, 0.15) is 72.8 Å². The Morgan fingerprint density at radius 3 is 2.04 bits per heavy atom. The van der Waals surface area contributed by atoms with Crippen LogP contribution in [0.5, 0.6) is 11.5 Å². The molecule has 350 valence electrons. The first-order valence-electron chi connectivity index (χ1n) is 22.7. The number of esters is 1. The number of hydrogen-bond donors (Lipinski definition) is 1. The van der Waals surface area contributed by atoms with Gasteiger partial charge in [-0.05, 0) is 74.0 Å². The normalized spacial score (nSPS) is 20.1. The molecule has 1 amide bonds. The highest BCUT2D eigenvalue weighted by Crippen LogP contribution is 2.53. The van der Waals surface area contributed by atoms with E-state index in [1.807, 2.05) is 110 Å². The van der Waals surface area contributed by atoms with Gasteiger partial charge in [0.25, 0.3) is 5.91 Å². The molecule has 4 heterocycles. The summed E-state index contributed by atoms with van der Waals surface area (Å²) < 4.78 is 42.0. The number of ether oxygens (including phenoxy) is 6. The third-order valence-corrected chi connectivity index (χ3v) is 12.7. The number of benzene rings is 5. The van der Waals surface area contributed by atoms with Crippen molar-refractivity contribution in [3.8, 4) is 11.5 Å². The van der Waals surface area contributed by atoms with E-state index >= 15 is 0 Å². The Morgan fingerprint density at radius 2 is 1.41 bits per heavy atom. The van der Waals surface area contributed by atoms with Crippen LogP contribution in [-0.4, -0.2) is 77.6 Å².